The molecular weight excluding hydrogens is 146 g/mol. The molecule has 0 aromatic heterocycles. The first-order valence-electron chi connectivity index (χ1n) is 5.34. The largest absolute Gasteiger partial charge is 0.327 e. The minimum atomic E-state index is 0.327. The van der Waals surface area contributed by atoms with E-state index in [0.717, 1.165) is 12.3 Å². The topological polar surface area (TPSA) is 26.0 Å². The molecule has 0 aromatic rings. The molecule has 1 rings (SSSR count). The number of rotatable bonds is 3. The Morgan fingerprint density at radius 2 is 1.92 bits per heavy atom. The van der Waals surface area contributed by atoms with Gasteiger partial charge in [0.25, 0.3) is 0 Å². The van der Waals surface area contributed by atoms with E-state index in [1.165, 1.54) is 32.1 Å². The Kier molecular flexibility index (Phi) is 4.07. The van der Waals surface area contributed by atoms with Crippen LogP contribution in [0.5, 0.6) is 0 Å². The van der Waals surface area contributed by atoms with Crippen LogP contribution in [0.15, 0.2) is 0 Å². The molecule has 1 nitrogen and oxygen atoms in total. The van der Waals surface area contributed by atoms with E-state index in [2.05, 4.69) is 13.8 Å². The fraction of sp³-hybridized carbons (Fsp3) is 0.909. The normalized spacial score (nSPS) is 25.2. The van der Waals surface area contributed by atoms with Gasteiger partial charge in [-0.05, 0) is 25.2 Å². The molecule has 0 spiro atoms. The first kappa shape index (κ1) is 10.0. The third-order valence-corrected chi connectivity index (χ3v) is 3.28. The highest BCUT2D eigenvalue weighted by atomic mass is 14.6. The zero-order chi connectivity index (χ0) is 8.97. The Bertz CT molecular complexity index is 116. The Morgan fingerprint density at radius 1 is 1.33 bits per heavy atom. The van der Waals surface area contributed by atoms with Crippen molar-refractivity contribution < 1.29 is 0 Å². The molecule has 2 N–H and O–H groups in total. The van der Waals surface area contributed by atoms with Crippen LogP contribution in [0.1, 0.15) is 45.4 Å². The highest BCUT2D eigenvalue weighted by molar-refractivity contribution is 4.82. The van der Waals surface area contributed by atoms with Crippen molar-refractivity contribution in [2.24, 2.45) is 17.6 Å². The van der Waals surface area contributed by atoms with Gasteiger partial charge in [-0.15, -0.1) is 0 Å². The molecule has 0 saturated heterocycles. The summed E-state index contributed by atoms with van der Waals surface area (Å²) in [6.07, 6.45) is 8.01. The summed E-state index contributed by atoms with van der Waals surface area (Å²) in [4.78, 5) is 0. The zero-order valence-electron chi connectivity index (χ0n) is 8.26. The summed E-state index contributed by atoms with van der Waals surface area (Å²) in [5, 5.41) is 0. The van der Waals surface area contributed by atoms with E-state index < -0.39 is 0 Å². The lowest BCUT2D eigenvalue weighted by molar-refractivity contribution is 0.251. The van der Waals surface area contributed by atoms with E-state index in [4.69, 9.17) is 5.73 Å². The van der Waals surface area contributed by atoms with E-state index in [1.54, 1.807) is 0 Å². The summed E-state index contributed by atoms with van der Waals surface area (Å²) >= 11 is 0. The molecule has 0 aromatic carbocycles. The quantitative estimate of drug-likeness (QED) is 0.689. The fourth-order valence-corrected chi connectivity index (χ4v) is 2.21. The third-order valence-electron chi connectivity index (χ3n) is 3.28. The first-order valence-corrected chi connectivity index (χ1v) is 5.34. The molecule has 1 heteroatoms. The van der Waals surface area contributed by atoms with Crippen molar-refractivity contribution in [1.82, 2.24) is 0 Å². The molecule has 12 heavy (non-hydrogen) atoms. The number of hydrogen-bond acceptors (Lipinski definition) is 1. The summed E-state index contributed by atoms with van der Waals surface area (Å²) < 4.78 is 0. The Balaban J connectivity index is 2.33. The lowest BCUT2D eigenvalue weighted by Crippen LogP contribution is -2.33. The summed E-state index contributed by atoms with van der Waals surface area (Å²) in [6, 6.07) is 0.327. The minimum absolute atomic E-state index is 0.327. The highest BCUT2D eigenvalue weighted by Crippen LogP contribution is 2.31. The third kappa shape index (κ3) is 2.48. The second-order valence-electron chi connectivity index (χ2n) is 4.13. The summed E-state index contributed by atoms with van der Waals surface area (Å²) in [5.74, 6) is 1.31. The van der Waals surface area contributed by atoms with Gasteiger partial charge < -0.3 is 5.73 Å². The smallest absolute Gasteiger partial charge is 0.00671 e. The predicted octanol–water partition coefficient (Wildman–Crippen LogP) is 2.75. The van der Waals surface area contributed by atoms with Crippen molar-refractivity contribution in [2.45, 2.75) is 51.5 Å². The standard InChI is InChI=1S/C11H22N/c1-3-11(12)9(2)10-7-5-4-6-8-10/h9-11H,2-8,12H2,1H3. The van der Waals surface area contributed by atoms with E-state index in [1.807, 2.05) is 0 Å². The minimum Gasteiger partial charge on any atom is -0.327 e. The predicted molar refractivity (Wildman–Crippen MR) is 53.7 cm³/mol. The Labute approximate surface area is 76.7 Å². The van der Waals surface area contributed by atoms with Crippen LogP contribution in [0.3, 0.4) is 0 Å². The van der Waals surface area contributed by atoms with Crippen molar-refractivity contribution in [3.8, 4) is 0 Å². The molecule has 2 unspecified atom stereocenters. The Morgan fingerprint density at radius 3 is 2.42 bits per heavy atom. The fourth-order valence-electron chi connectivity index (χ4n) is 2.21. The second-order valence-corrected chi connectivity index (χ2v) is 4.13. The monoisotopic (exact) mass is 168 g/mol. The lowest BCUT2D eigenvalue weighted by atomic mass is 9.77. The van der Waals surface area contributed by atoms with E-state index in [-0.39, 0.29) is 0 Å². The van der Waals surface area contributed by atoms with Crippen molar-refractivity contribution in [3.05, 3.63) is 6.92 Å². The molecule has 0 heterocycles. The van der Waals surface area contributed by atoms with Crippen LogP contribution in [0.2, 0.25) is 0 Å². The van der Waals surface area contributed by atoms with E-state index in [0.29, 0.717) is 12.0 Å². The van der Waals surface area contributed by atoms with Gasteiger partial charge in [0.1, 0.15) is 0 Å². The molecule has 0 bridgehead atoms. The van der Waals surface area contributed by atoms with Crippen LogP contribution < -0.4 is 5.73 Å². The van der Waals surface area contributed by atoms with Gasteiger partial charge in [0.2, 0.25) is 0 Å². The first-order chi connectivity index (χ1) is 5.75. The van der Waals surface area contributed by atoms with Crippen LogP contribution in [0.4, 0.5) is 0 Å². The van der Waals surface area contributed by atoms with Crippen LogP contribution in [-0.2, 0) is 0 Å². The van der Waals surface area contributed by atoms with Crippen LogP contribution in [0, 0.1) is 18.8 Å². The molecular formula is C11H22N. The maximum atomic E-state index is 5.98. The van der Waals surface area contributed by atoms with Gasteiger partial charge in [0, 0.05) is 6.04 Å². The molecule has 0 amide bonds. The van der Waals surface area contributed by atoms with E-state index >= 15 is 0 Å². The number of nitrogens with two attached hydrogens (primary N) is 1. The van der Waals surface area contributed by atoms with Crippen LogP contribution in [0.25, 0.3) is 0 Å². The second kappa shape index (κ2) is 4.86. The van der Waals surface area contributed by atoms with Gasteiger partial charge in [-0.2, -0.15) is 0 Å². The number of hydrogen-bond donors (Lipinski definition) is 1. The van der Waals surface area contributed by atoms with Gasteiger partial charge >= 0.3 is 0 Å². The summed E-state index contributed by atoms with van der Waals surface area (Å²) in [7, 11) is 0. The average Bonchev–Trinajstić information content (AvgIpc) is 2.17. The molecule has 1 aliphatic carbocycles. The molecule has 1 fully saturated rings. The molecule has 2 atom stereocenters. The molecule has 0 aliphatic heterocycles. The van der Waals surface area contributed by atoms with E-state index in [9.17, 15) is 0 Å². The van der Waals surface area contributed by atoms with Crippen molar-refractivity contribution in [1.29, 1.82) is 0 Å². The molecule has 1 saturated carbocycles. The maximum Gasteiger partial charge on any atom is 0.00671 e. The lowest BCUT2D eigenvalue weighted by Gasteiger charge is -2.31. The van der Waals surface area contributed by atoms with Gasteiger partial charge in [-0.3, -0.25) is 0 Å². The van der Waals surface area contributed by atoms with Crippen molar-refractivity contribution in [2.75, 3.05) is 0 Å². The summed E-state index contributed by atoms with van der Waals surface area (Å²) in [5.41, 5.74) is 5.98. The van der Waals surface area contributed by atoms with Crippen molar-refractivity contribution >= 4 is 0 Å². The van der Waals surface area contributed by atoms with Crippen LogP contribution in [-0.4, -0.2) is 6.04 Å². The maximum absolute atomic E-state index is 5.98. The molecule has 1 aliphatic rings. The average molecular weight is 168 g/mol. The Hall–Kier alpha value is -0.0400. The highest BCUT2D eigenvalue weighted by Gasteiger charge is 2.23. The van der Waals surface area contributed by atoms with Gasteiger partial charge in [-0.25, -0.2) is 0 Å². The molecule has 1 radical (unpaired) electrons. The SMILES string of the molecule is [CH2]C(C(N)CC)C1CCCCC1. The molecule has 71 valence electrons. The van der Waals surface area contributed by atoms with Gasteiger partial charge in [-0.1, -0.05) is 39.0 Å². The summed E-state index contributed by atoms with van der Waals surface area (Å²) in [6.45, 7) is 6.37. The zero-order valence-corrected chi connectivity index (χ0v) is 8.26. The van der Waals surface area contributed by atoms with Gasteiger partial charge in [0.15, 0.2) is 0 Å². The van der Waals surface area contributed by atoms with Gasteiger partial charge in [0.05, 0.1) is 0 Å². The van der Waals surface area contributed by atoms with Crippen LogP contribution >= 0.6 is 0 Å². The van der Waals surface area contributed by atoms with Crippen molar-refractivity contribution in [3.63, 3.8) is 0 Å².